The first kappa shape index (κ1) is 15.2. The molecule has 0 N–H and O–H groups in total. The fourth-order valence-electron chi connectivity index (χ4n) is 3.02. The van der Waals surface area contributed by atoms with Gasteiger partial charge in [0.25, 0.3) is 0 Å². The van der Waals surface area contributed by atoms with E-state index < -0.39 is 10.1 Å². The average molecular weight is 317 g/mol. The molecule has 1 aliphatic heterocycles. The van der Waals surface area contributed by atoms with Gasteiger partial charge in [-0.05, 0) is 36.0 Å². The van der Waals surface area contributed by atoms with Crippen LogP contribution in [0.1, 0.15) is 36.0 Å². The molecule has 22 heavy (non-hydrogen) atoms. The Morgan fingerprint density at radius 3 is 2.41 bits per heavy atom. The van der Waals surface area contributed by atoms with Crippen LogP contribution in [0.4, 0.5) is 0 Å². The number of benzene rings is 2. The monoisotopic (exact) mass is 317 g/mol. The fourth-order valence-corrected chi connectivity index (χ4v) is 3.79. The van der Waals surface area contributed by atoms with Crippen LogP contribution in [0, 0.1) is 0 Å². The third-order valence-electron chi connectivity index (χ3n) is 4.08. The van der Waals surface area contributed by atoms with Gasteiger partial charge in [0.1, 0.15) is 10.1 Å². The molecule has 1 aliphatic rings. The summed E-state index contributed by atoms with van der Waals surface area (Å²) in [5.41, 5.74) is 1.69. The van der Waals surface area contributed by atoms with Crippen LogP contribution in [0.15, 0.2) is 59.5 Å². The lowest BCUT2D eigenvalue weighted by Gasteiger charge is -2.31. The molecule has 0 aliphatic carbocycles. The molecule has 0 amide bonds. The molecule has 2 aromatic carbocycles. The highest BCUT2D eigenvalue weighted by molar-refractivity contribution is 7.85. The Bertz CT molecular complexity index is 740. The van der Waals surface area contributed by atoms with Gasteiger partial charge in [-0.15, -0.1) is 0 Å². The van der Waals surface area contributed by atoms with Gasteiger partial charge in [-0.2, -0.15) is 0 Å². The van der Waals surface area contributed by atoms with Crippen molar-refractivity contribution in [3.05, 3.63) is 65.7 Å². The molecule has 0 spiro atoms. The van der Waals surface area contributed by atoms with Crippen LogP contribution in [0.3, 0.4) is 0 Å². The standard InChI is InChI=1S/C17H18O4S/c18-22(19,20)17-9-5-4-8-15(17)14-10-11-21-16(12-14)13-6-2-1-3-7-13/h1-9,14,16H,10-12H2,(H,18,19,20)/p-1. The van der Waals surface area contributed by atoms with Gasteiger partial charge in [-0.25, -0.2) is 8.42 Å². The van der Waals surface area contributed by atoms with Crippen LogP contribution < -0.4 is 0 Å². The predicted octanol–water partition coefficient (Wildman–Crippen LogP) is 3.23. The van der Waals surface area contributed by atoms with Crippen LogP contribution in [0.2, 0.25) is 0 Å². The Labute approximate surface area is 130 Å². The maximum atomic E-state index is 11.5. The molecule has 3 rings (SSSR count). The highest BCUT2D eigenvalue weighted by atomic mass is 32.2. The van der Waals surface area contributed by atoms with E-state index in [9.17, 15) is 13.0 Å². The van der Waals surface area contributed by atoms with Gasteiger partial charge in [-0.3, -0.25) is 0 Å². The summed E-state index contributed by atoms with van der Waals surface area (Å²) in [7, 11) is -4.46. The summed E-state index contributed by atoms with van der Waals surface area (Å²) in [4.78, 5) is -0.103. The van der Waals surface area contributed by atoms with E-state index in [1.54, 1.807) is 18.2 Å². The van der Waals surface area contributed by atoms with Crippen LogP contribution in [0.5, 0.6) is 0 Å². The number of hydrogen-bond donors (Lipinski definition) is 0. The van der Waals surface area contributed by atoms with Crippen molar-refractivity contribution in [1.82, 2.24) is 0 Å². The lowest BCUT2D eigenvalue weighted by atomic mass is 9.86. The predicted molar refractivity (Wildman–Crippen MR) is 81.5 cm³/mol. The van der Waals surface area contributed by atoms with Gasteiger partial charge >= 0.3 is 0 Å². The van der Waals surface area contributed by atoms with Gasteiger partial charge in [0.2, 0.25) is 0 Å². The first-order valence-corrected chi connectivity index (χ1v) is 8.68. The number of hydrogen-bond acceptors (Lipinski definition) is 4. The highest BCUT2D eigenvalue weighted by Gasteiger charge is 2.27. The van der Waals surface area contributed by atoms with E-state index in [4.69, 9.17) is 4.74 Å². The maximum Gasteiger partial charge on any atom is 0.124 e. The maximum absolute atomic E-state index is 11.5. The van der Waals surface area contributed by atoms with Crippen LogP contribution in [-0.4, -0.2) is 19.6 Å². The first-order valence-electron chi connectivity index (χ1n) is 7.27. The van der Waals surface area contributed by atoms with Crippen molar-refractivity contribution < 1.29 is 17.7 Å². The third kappa shape index (κ3) is 3.21. The summed E-state index contributed by atoms with van der Waals surface area (Å²) < 4.78 is 40.2. The van der Waals surface area contributed by atoms with Gasteiger partial charge in [-0.1, -0.05) is 48.5 Å². The van der Waals surface area contributed by atoms with Crippen molar-refractivity contribution in [2.75, 3.05) is 6.61 Å². The van der Waals surface area contributed by atoms with Gasteiger partial charge in [0.05, 0.1) is 11.0 Å². The van der Waals surface area contributed by atoms with Crippen molar-refractivity contribution in [1.29, 1.82) is 0 Å². The minimum Gasteiger partial charge on any atom is -0.744 e. The second-order valence-electron chi connectivity index (χ2n) is 5.48. The number of rotatable bonds is 3. The Morgan fingerprint density at radius 2 is 1.68 bits per heavy atom. The largest absolute Gasteiger partial charge is 0.744 e. The van der Waals surface area contributed by atoms with E-state index in [-0.39, 0.29) is 16.9 Å². The van der Waals surface area contributed by atoms with Gasteiger partial charge in [0.15, 0.2) is 0 Å². The molecular weight excluding hydrogens is 300 g/mol. The van der Waals surface area contributed by atoms with Crippen molar-refractivity contribution >= 4 is 10.1 Å². The summed E-state index contributed by atoms with van der Waals surface area (Å²) in [5, 5.41) is 0. The molecule has 1 fully saturated rings. The quantitative estimate of drug-likeness (QED) is 0.815. The summed E-state index contributed by atoms with van der Waals surface area (Å²) in [5.74, 6) is 0.0129. The van der Waals surface area contributed by atoms with E-state index in [1.165, 1.54) is 6.07 Å². The van der Waals surface area contributed by atoms with E-state index in [0.717, 1.165) is 12.0 Å². The average Bonchev–Trinajstić information content (AvgIpc) is 2.55. The topological polar surface area (TPSA) is 66.4 Å². The molecule has 0 radical (unpaired) electrons. The van der Waals surface area contributed by atoms with Crippen LogP contribution in [0.25, 0.3) is 0 Å². The van der Waals surface area contributed by atoms with E-state index in [1.807, 2.05) is 30.3 Å². The minimum absolute atomic E-state index is 0.0129. The molecule has 5 heteroatoms. The van der Waals surface area contributed by atoms with Crippen LogP contribution in [-0.2, 0) is 14.9 Å². The van der Waals surface area contributed by atoms with E-state index in [0.29, 0.717) is 18.6 Å². The minimum atomic E-state index is -4.46. The Kier molecular flexibility index (Phi) is 4.29. The molecule has 1 saturated heterocycles. The van der Waals surface area contributed by atoms with Gasteiger partial charge < -0.3 is 9.29 Å². The van der Waals surface area contributed by atoms with Crippen LogP contribution >= 0.6 is 0 Å². The fraction of sp³-hybridized carbons (Fsp3) is 0.294. The smallest absolute Gasteiger partial charge is 0.124 e. The molecule has 2 atom stereocenters. The Morgan fingerprint density at radius 1 is 1.00 bits per heavy atom. The molecule has 2 aromatic rings. The molecule has 0 saturated carbocycles. The number of ether oxygens (including phenoxy) is 1. The molecule has 0 aromatic heterocycles. The van der Waals surface area contributed by atoms with Crippen molar-refractivity contribution in [2.24, 2.45) is 0 Å². The van der Waals surface area contributed by atoms with Gasteiger partial charge in [0, 0.05) is 6.61 Å². The summed E-state index contributed by atoms with van der Waals surface area (Å²) >= 11 is 0. The molecular formula is C17H17O4S-. The van der Waals surface area contributed by atoms with E-state index >= 15 is 0 Å². The second kappa shape index (κ2) is 6.20. The SMILES string of the molecule is O=S(=O)([O-])c1ccccc1C1CCOC(c2ccccc2)C1. The molecule has 116 valence electrons. The highest BCUT2D eigenvalue weighted by Crippen LogP contribution is 2.39. The van der Waals surface area contributed by atoms with Crippen molar-refractivity contribution in [3.8, 4) is 0 Å². The molecule has 2 unspecified atom stereocenters. The lowest BCUT2D eigenvalue weighted by Crippen LogP contribution is -2.20. The second-order valence-corrected chi connectivity index (χ2v) is 6.83. The Hall–Kier alpha value is -1.69. The molecule has 4 nitrogen and oxygen atoms in total. The van der Waals surface area contributed by atoms with Crippen molar-refractivity contribution in [2.45, 2.75) is 29.8 Å². The molecule has 1 heterocycles. The normalized spacial score (nSPS) is 22.4. The van der Waals surface area contributed by atoms with E-state index in [2.05, 4.69) is 0 Å². The zero-order chi connectivity index (χ0) is 15.6. The first-order chi connectivity index (χ1) is 10.6. The lowest BCUT2D eigenvalue weighted by molar-refractivity contribution is 0.00484. The summed E-state index contributed by atoms with van der Waals surface area (Å²) in [6.45, 7) is 0.553. The van der Waals surface area contributed by atoms with Crippen molar-refractivity contribution in [3.63, 3.8) is 0 Å². The molecule has 0 bridgehead atoms. The zero-order valence-electron chi connectivity index (χ0n) is 12.0. The third-order valence-corrected chi connectivity index (χ3v) is 4.99. The Balaban J connectivity index is 1.90. The summed E-state index contributed by atoms with van der Waals surface area (Å²) in [6.07, 6.45) is 1.33. The summed E-state index contributed by atoms with van der Waals surface area (Å²) in [6, 6.07) is 16.4. The zero-order valence-corrected chi connectivity index (χ0v) is 12.8.